The second kappa shape index (κ2) is 9.17. The van der Waals surface area contributed by atoms with Crippen molar-refractivity contribution in [3.8, 4) is 11.5 Å². The highest BCUT2D eigenvalue weighted by molar-refractivity contribution is 5.92. The Balaban J connectivity index is 1.81. The monoisotopic (exact) mass is 320 g/mol. The van der Waals surface area contributed by atoms with Crippen LogP contribution in [0.1, 0.15) is 5.56 Å². The molecule has 0 aliphatic carbocycles. The number of rotatable bonds is 7. The van der Waals surface area contributed by atoms with Gasteiger partial charge in [0, 0.05) is 43.9 Å². The maximum atomic E-state index is 11.9. The molecule has 1 heterocycles. The summed E-state index contributed by atoms with van der Waals surface area (Å²) in [6.07, 6.45) is 3.26. The maximum Gasteiger partial charge on any atom is 0.244 e. The lowest BCUT2D eigenvalue weighted by Crippen LogP contribution is -2.41. The Morgan fingerprint density at radius 1 is 1.30 bits per heavy atom. The summed E-state index contributed by atoms with van der Waals surface area (Å²) >= 11 is 0. The lowest BCUT2D eigenvalue weighted by Gasteiger charge is -2.26. The molecule has 126 valence electrons. The van der Waals surface area contributed by atoms with Crippen molar-refractivity contribution in [1.29, 1.82) is 0 Å². The van der Waals surface area contributed by atoms with E-state index in [-0.39, 0.29) is 5.91 Å². The minimum atomic E-state index is -0.115. The van der Waals surface area contributed by atoms with Crippen LogP contribution >= 0.6 is 0 Å². The van der Waals surface area contributed by atoms with Crippen molar-refractivity contribution in [2.75, 3.05) is 53.6 Å². The Hall–Kier alpha value is -2.05. The van der Waals surface area contributed by atoms with E-state index in [1.54, 1.807) is 26.4 Å². The Bertz CT molecular complexity index is 539. The molecule has 1 amide bonds. The molecule has 0 saturated carbocycles. The van der Waals surface area contributed by atoms with E-state index in [9.17, 15) is 4.79 Å². The first kappa shape index (κ1) is 17.3. The molecule has 0 atom stereocenters. The number of benzene rings is 1. The molecule has 0 aromatic heterocycles. The van der Waals surface area contributed by atoms with Gasteiger partial charge < -0.3 is 19.5 Å². The van der Waals surface area contributed by atoms with Gasteiger partial charge in [0.1, 0.15) is 11.5 Å². The molecule has 0 unspecified atom stereocenters. The number of hydrogen-bond donors (Lipinski definition) is 1. The van der Waals surface area contributed by atoms with Gasteiger partial charge in [0.2, 0.25) is 5.91 Å². The molecule has 1 fully saturated rings. The Labute approximate surface area is 137 Å². The largest absolute Gasteiger partial charge is 0.497 e. The zero-order valence-corrected chi connectivity index (χ0v) is 13.7. The molecule has 1 N–H and O–H groups in total. The van der Waals surface area contributed by atoms with Crippen molar-refractivity contribution in [2.45, 2.75) is 0 Å². The summed E-state index contributed by atoms with van der Waals surface area (Å²) in [5, 5.41) is 2.89. The lowest BCUT2D eigenvalue weighted by atomic mass is 10.1. The van der Waals surface area contributed by atoms with Crippen LogP contribution < -0.4 is 14.8 Å². The van der Waals surface area contributed by atoms with Gasteiger partial charge in [-0.25, -0.2) is 0 Å². The van der Waals surface area contributed by atoms with Crippen LogP contribution in [-0.2, 0) is 9.53 Å². The second-order valence-corrected chi connectivity index (χ2v) is 5.19. The Morgan fingerprint density at radius 3 is 2.78 bits per heavy atom. The topological polar surface area (TPSA) is 60.0 Å². The van der Waals surface area contributed by atoms with Gasteiger partial charge in [0.25, 0.3) is 0 Å². The van der Waals surface area contributed by atoms with Crippen LogP contribution in [0.15, 0.2) is 24.3 Å². The number of hydrogen-bond acceptors (Lipinski definition) is 5. The van der Waals surface area contributed by atoms with E-state index < -0.39 is 0 Å². The molecular weight excluding hydrogens is 296 g/mol. The summed E-state index contributed by atoms with van der Waals surface area (Å²) in [5.41, 5.74) is 0.830. The number of carbonyl (C=O) groups excluding carboxylic acids is 1. The number of ether oxygens (including phenoxy) is 3. The quantitative estimate of drug-likeness (QED) is 0.764. The van der Waals surface area contributed by atoms with Crippen molar-refractivity contribution < 1.29 is 19.0 Å². The third-order valence-electron chi connectivity index (χ3n) is 3.69. The van der Waals surface area contributed by atoms with E-state index in [0.717, 1.165) is 38.4 Å². The molecule has 1 aromatic rings. The van der Waals surface area contributed by atoms with Crippen LogP contribution in [0.2, 0.25) is 0 Å². The number of carbonyl (C=O) groups is 1. The predicted octanol–water partition coefficient (Wildman–Crippen LogP) is 1.17. The summed E-state index contributed by atoms with van der Waals surface area (Å²) in [5.74, 6) is 1.27. The van der Waals surface area contributed by atoms with Gasteiger partial charge in [-0.3, -0.25) is 9.69 Å². The van der Waals surface area contributed by atoms with Crippen LogP contribution in [0.3, 0.4) is 0 Å². The summed E-state index contributed by atoms with van der Waals surface area (Å²) in [4.78, 5) is 14.2. The van der Waals surface area contributed by atoms with E-state index in [4.69, 9.17) is 14.2 Å². The number of nitrogens with zero attached hydrogens (tertiary/aromatic N) is 1. The molecule has 0 radical (unpaired) electrons. The number of methoxy groups -OCH3 is 2. The minimum Gasteiger partial charge on any atom is -0.497 e. The molecule has 0 bridgehead atoms. The Morgan fingerprint density at radius 2 is 2.09 bits per heavy atom. The minimum absolute atomic E-state index is 0.115. The van der Waals surface area contributed by atoms with Gasteiger partial charge >= 0.3 is 0 Å². The molecule has 1 aromatic carbocycles. The third kappa shape index (κ3) is 5.58. The molecular formula is C17H24N2O4. The maximum absolute atomic E-state index is 11.9. The van der Waals surface area contributed by atoms with Crippen LogP contribution in [0, 0.1) is 0 Å². The van der Waals surface area contributed by atoms with Gasteiger partial charge in [0.15, 0.2) is 0 Å². The van der Waals surface area contributed by atoms with Crippen LogP contribution in [0.4, 0.5) is 0 Å². The molecule has 1 saturated heterocycles. The van der Waals surface area contributed by atoms with Crippen molar-refractivity contribution in [1.82, 2.24) is 10.2 Å². The van der Waals surface area contributed by atoms with E-state index in [0.29, 0.717) is 18.0 Å². The molecule has 6 nitrogen and oxygen atoms in total. The third-order valence-corrected chi connectivity index (χ3v) is 3.69. The van der Waals surface area contributed by atoms with E-state index in [1.807, 2.05) is 12.1 Å². The van der Waals surface area contributed by atoms with Crippen LogP contribution in [0.5, 0.6) is 11.5 Å². The molecule has 1 aliphatic heterocycles. The summed E-state index contributed by atoms with van der Waals surface area (Å²) in [6.45, 7) is 4.86. The van der Waals surface area contributed by atoms with E-state index in [2.05, 4.69) is 10.2 Å². The molecule has 0 spiro atoms. The zero-order valence-electron chi connectivity index (χ0n) is 13.7. The van der Waals surface area contributed by atoms with Crippen LogP contribution in [0.25, 0.3) is 6.08 Å². The van der Waals surface area contributed by atoms with Crippen molar-refractivity contribution in [3.63, 3.8) is 0 Å². The molecule has 1 aliphatic rings. The number of morpholine rings is 1. The fraction of sp³-hybridized carbons (Fsp3) is 0.471. The predicted molar refractivity (Wildman–Crippen MR) is 88.8 cm³/mol. The normalized spacial score (nSPS) is 15.6. The summed E-state index contributed by atoms with van der Waals surface area (Å²) < 4.78 is 15.7. The number of amides is 1. The van der Waals surface area contributed by atoms with E-state index in [1.165, 1.54) is 6.08 Å². The fourth-order valence-corrected chi connectivity index (χ4v) is 2.34. The lowest BCUT2D eigenvalue weighted by molar-refractivity contribution is -0.116. The first-order valence-corrected chi connectivity index (χ1v) is 7.71. The van der Waals surface area contributed by atoms with Crippen molar-refractivity contribution in [3.05, 3.63) is 29.8 Å². The van der Waals surface area contributed by atoms with Gasteiger partial charge in [-0.1, -0.05) is 0 Å². The molecule has 23 heavy (non-hydrogen) atoms. The van der Waals surface area contributed by atoms with Gasteiger partial charge in [0.05, 0.1) is 27.4 Å². The highest BCUT2D eigenvalue weighted by Crippen LogP contribution is 2.25. The van der Waals surface area contributed by atoms with Gasteiger partial charge in [-0.2, -0.15) is 0 Å². The zero-order chi connectivity index (χ0) is 16.5. The Kier molecular flexibility index (Phi) is 6.90. The highest BCUT2D eigenvalue weighted by Gasteiger charge is 2.09. The van der Waals surface area contributed by atoms with E-state index >= 15 is 0 Å². The van der Waals surface area contributed by atoms with Crippen molar-refractivity contribution in [2.24, 2.45) is 0 Å². The summed E-state index contributed by atoms with van der Waals surface area (Å²) in [7, 11) is 3.20. The fourth-order valence-electron chi connectivity index (χ4n) is 2.34. The number of nitrogens with one attached hydrogen (secondary N) is 1. The van der Waals surface area contributed by atoms with Gasteiger partial charge in [-0.05, 0) is 18.2 Å². The van der Waals surface area contributed by atoms with Crippen LogP contribution in [-0.4, -0.2) is 64.4 Å². The second-order valence-electron chi connectivity index (χ2n) is 5.19. The van der Waals surface area contributed by atoms with Gasteiger partial charge in [-0.15, -0.1) is 0 Å². The average molecular weight is 320 g/mol. The first-order valence-electron chi connectivity index (χ1n) is 7.71. The smallest absolute Gasteiger partial charge is 0.244 e. The molecule has 2 rings (SSSR count). The first-order chi connectivity index (χ1) is 11.2. The SMILES string of the molecule is COc1ccc(/C=C/C(=O)NCCN2CCOCC2)c(OC)c1. The standard InChI is InChI=1S/C17H24N2O4/c1-21-15-5-3-14(16(13-15)22-2)4-6-17(20)18-7-8-19-9-11-23-12-10-19/h3-6,13H,7-12H2,1-2H3,(H,18,20)/b6-4+. The van der Waals surface area contributed by atoms with Crippen molar-refractivity contribution >= 4 is 12.0 Å². The average Bonchev–Trinajstić information content (AvgIpc) is 2.60. The summed E-state index contributed by atoms with van der Waals surface area (Å²) in [6, 6.07) is 5.48. The highest BCUT2D eigenvalue weighted by atomic mass is 16.5. The molecule has 6 heteroatoms.